The highest BCUT2D eigenvalue weighted by Gasteiger charge is 2.21. The molecule has 0 aromatic heterocycles. The first-order valence-electron chi connectivity index (χ1n) is 6.21. The fourth-order valence-electron chi connectivity index (χ4n) is 2.33. The van der Waals surface area contributed by atoms with E-state index in [0.29, 0.717) is 5.56 Å². The molecule has 0 bridgehead atoms. The van der Waals surface area contributed by atoms with Crippen molar-refractivity contribution >= 4 is 27.5 Å². The molecule has 3 N–H and O–H groups in total. The van der Waals surface area contributed by atoms with E-state index in [-0.39, 0.29) is 11.9 Å². The molecule has 0 amide bonds. The van der Waals surface area contributed by atoms with E-state index in [1.165, 1.54) is 0 Å². The number of hydrogen-bond acceptors (Lipinski definition) is 4. The number of oxime groups is 1. The molecule has 0 saturated carbocycles. The Hall–Kier alpha value is -1.27. The lowest BCUT2D eigenvalue weighted by molar-refractivity contribution is 0.0893. The van der Waals surface area contributed by atoms with Crippen molar-refractivity contribution in [1.82, 2.24) is 0 Å². The predicted molar refractivity (Wildman–Crippen MR) is 78.9 cm³/mol. The van der Waals surface area contributed by atoms with Crippen LogP contribution < -0.4 is 10.6 Å². The number of piperidine rings is 1. The highest BCUT2D eigenvalue weighted by atomic mass is 79.9. The largest absolute Gasteiger partial charge is 0.409 e. The Morgan fingerprint density at radius 1 is 1.58 bits per heavy atom. The van der Waals surface area contributed by atoms with Crippen molar-refractivity contribution in [2.24, 2.45) is 10.9 Å². The summed E-state index contributed by atoms with van der Waals surface area (Å²) in [5, 5.41) is 11.7. The second-order valence-corrected chi connectivity index (χ2v) is 5.45. The Morgan fingerprint density at radius 3 is 3.00 bits per heavy atom. The van der Waals surface area contributed by atoms with E-state index in [4.69, 9.17) is 15.7 Å². The molecule has 104 valence electrons. The van der Waals surface area contributed by atoms with Gasteiger partial charge in [-0.05, 0) is 47.0 Å². The summed E-state index contributed by atoms with van der Waals surface area (Å²) in [4.78, 5) is 2.29. The summed E-state index contributed by atoms with van der Waals surface area (Å²) in [5.41, 5.74) is 7.38. The molecule has 0 spiro atoms. The molecule has 1 aromatic rings. The van der Waals surface area contributed by atoms with Gasteiger partial charge in [-0.25, -0.2) is 0 Å². The van der Waals surface area contributed by atoms with Crippen LogP contribution in [0, 0.1) is 0 Å². The number of nitrogens with zero attached hydrogens (tertiary/aromatic N) is 2. The standard InChI is InChI=1S/C13H18BrN3O2/c1-19-10-3-2-6-17(8-10)12-5-4-9(7-11(12)14)13(15)16-18/h4-5,7,10,18H,2-3,6,8H2,1H3,(H2,15,16). The molecule has 5 nitrogen and oxygen atoms in total. The number of ether oxygens (including phenoxy) is 1. The van der Waals surface area contributed by atoms with E-state index < -0.39 is 0 Å². The third-order valence-electron chi connectivity index (χ3n) is 3.40. The Labute approximate surface area is 121 Å². The molecule has 6 heteroatoms. The average molecular weight is 328 g/mol. The second-order valence-electron chi connectivity index (χ2n) is 4.60. The number of anilines is 1. The Balaban J connectivity index is 2.21. The highest BCUT2D eigenvalue weighted by Crippen LogP contribution is 2.30. The van der Waals surface area contributed by atoms with Crippen molar-refractivity contribution < 1.29 is 9.94 Å². The van der Waals surface area contributed by atoms with Gasteiger partial charge in [0.05, 0.1) is 11.8 Å². The third-order valence-corrected chi connectivity index (χ3v) is 4.04. The van der Waals surface area contributed by atoms with Gasteiger partial charge in [0.1, 0.15) is 0 Å². The highest BCUT2D eigenvalue weighted by molar-refractivity contribution is 9.10. The summed E-state index contributed by atoms with van der Waals surface area (Å²) in [6.45, 7) is 1.90. The number of nitrogens with two attached hydrogens (primary N) is 1. The molecule has 1 heterocycles. The van der Waals surface area contributed by atoms with Crippen LogP contribution in [0.4, 0.5) is 5.69 Å². The van der Waals surface area contributed by atoms with Crippen LogP contribution >= 0.6 is 15.9 Å². The normalized spacial score (nSPS) is 20.6. The monoisotopic (exact) mass is 327 g/mol. The molecule has 19 heavy (non-hydrogen) atoms. The number of hydrogen-bond donors (Lipinski definition) is 2. The van der Waals surface area contributed by atoms with Crippen LogP contribution in [0.2, 0.25) is 0 Å². The van der Waals surface area contributed by atoms with E-state index in [1.54, 1.807) is 7.11 Å². The summed E-state index contributed by atoms with van der Waals surface area (Å²) in [7, 11) is 1.75. The Morgan fingerprint density at radius 2 is 2.37 bits per heavy atom. The summed E-state index contributed by atoms with van der Waals surface area (Å²) in [6, 6.07) is 5.70. The van der Waals surface area contributed by atoms with Crippen LogP contribution in [-0.4, -0.2) is 37.3 Å². The van der Waals surface area contributed by atoms with Gasteiger partial charge in [0.2, 0.25) is 0 Å². The minimum atomic E-state index is 0.112. The van der Waals surface area contributed by atoms with Crippen LogP contribution in [0.15, 0.2) is 27.8 Å². The van der Waals surface area contributed by atoms with Crippen LogP contribution in [0.1, 0.15) is 18.4 Å². The number of methoxy groups -OCH3 is 1. The number of halogens is 1. The molecule has 1 unspecified atom stereocenters. The average Bonchev–Trinajstić information content (AvgIpc) is 2.46. The van der Waals surface area contributed by atoms with Gasteiger partial charge < -0.3 is 20.6 Å². The van der Waals surface area contributed by atoms with Crippen molar-refractivity contribution in [3.05, 3.63) is 28.2 Å². The lowest BCUT2D eigenvalue weighted by atomic mass is 10.1. The first kappa shape index (κ1) is 14.1. The van der Waals surface area contributed by atoms with E-state index in [9.17, 15) is 0 Å². The van der Waals surface area contributed by atoms with E-state index in [1.807, 2.05) is 18.2 Å². The smallest absolute Gasteiger partial charge is 0.170 e. The van der Waals surface area contributed by atoms with Crippen LogP contribution in [0.25, 0.3) is 0 Å². The van der Waals surface area contributed by atoms with Gasteiger partial charge in [0.25, 0.3) is 0 Å². The quantitative estimate of drug-likeness (QED) is 0.386. The molecular formula is C13H18BrN3O2. The lowest BCUT2D eigenvalue weighted by Crippen LogP contribution is -2.39. The number of amidine groups is 1. The molecule has 2 rings (SSSR count). The Kier molecular flexibility index (Phi) is 4.66. The fraction of sp³-hybridized carbons (Fsp3) is 0.462. The molecule has 1 saturated heterocycles. The van der Waals surface area contributed by atoms with Crippen molar-refractivity contribution in [2.75, 3.05) is 25.1 Å². The van der Waals surface area contributed by atoms with Gasteiger partial charge in [-0.2, -0.15) is 0 Å². The predicted octanol–water partition coefficient (Wildman–Crippen LogP) is 2.16. The van der Waals surface area contributed by atoms with Crippen LogP contribution in [0.3, 0.4) is 0 Å². The molecule has 1 fully saturated rings. The number of benzene rings is 1. The van der Waals surface area contributed by atoms with E-state index >= 15 is 0 Å². The van der Waals surface area contributed by atoms with Crippen LogP contribution in [0.5, 0.6) is 0 Å². The van der Waals surface area contributed by atoms with Gasteiger partial charge in [-0.1, -0.05) is 5.16 Å². The number of rotatable bonds is 3. The zero-order valence-electron chi connectivity index (χ0n) is 10.8. The van der Waals surface area contributed by atoms with Gasteiger partial charge >= 0.3 is 0 Å². The zero-order chi connectivity index (χ0) is 13.8. The maximum absolute atomic E-state index is 8.68. The zero-order valence-corrected chi connectivity index (χ0v) is 12.4. The van der Waals surface area contributed by atoms with Crippen molar-refractivity contribution in [3.63, 3.8) is 0 Å². The summed E-state index contributed by atoms with van der Waals surface area (Å²) < 4.78 is 6.37. The minimum Gasteiger partial charge on any atom is -0.409 e. The molecular weight excluding hydrogens is 310 g/mol. The Bertz CT molecular complexity index is 479. The van der Waals surface area contributed by atoms with Gasteiger partial charge in [0.15, 0.2) is 5.84 Å². The lowest BCUT2D eigenvalue weighted by Gasteiger charge is -2.34. The van der Waals surface area contributed by atoms with Gasteiger partial charge in [0, 0.05) is 30.2 Å². The first-order valence-corrected chi connectivity index (χ1v) is 7.00. The summed E-state index contributed by atoms with van der Waals surface area (Å²) in [5.74, 6) is 0.112. The van der Waals surface area contributed by atoms with Crippen LogP contribution in [-0.2, 0) is 4.74 Å². The fourth-order valence-corrected chi connectivity index (χ4v) is 2.96. The van der Waals surface area contributed by atoms with Gasteiger partial charge in [-0.3, -0.25) is 0 Å². The second kappa shape index (κ2) is 6.25. The van der Waals surface area contributed by atoms with E-state index in [2.05, 4.69) is 26.0 Å². The van der Waals surface area contributed by atoms with Crippen molar-refractivity contribution in [1.29, 1.82) is 0 Å². The SMILES string of the molecule is COC1CCCN(c2ccc(/C(N)=N/O)cc2Br)C1. The molecule has 1 atom stereocenters. The maximum atomic E-state index is 8.68. The molecule has 1 aliphatic heterocycles. The summed E-state index contributed by atoms with van der Waals surface area (Å²) in [6.07, 6.45) is 2.50. The van der Waals surface area contributed by atoms with Gasteiger partial charge in [-0.15, -0.1) is 0 Å². The molecule has 1 aliphatic rings. The molecule has 0 aliphatic carbocycles. The maximum Gasteiger partial charge on any atom is 0.170 e. The van der Waals surface area contributed by atoms with Crippen molar-refractivity contribution in [3.8, 4) is 0 Å². The van der Waals surface area contributed by atoms with Crippen molar-refractivity contribution in [2.45, 2.75) is 18.9 Å². The first-order chi connectivity index (χ1) is 9.15. The third kappa shape index (κ3) is 3.19. The topological polar surface area (TPSA) is 71.1 Å². The molecule has 1 aromatic carbocycles. The minimum absolute atomic E-state index is 0.112. The summed E-state index contributed by atoms with van der Waals surface area (Å²) >= 11 is 3.55. The molecule has 0 radical (unpaired) electrons. The van der Waals surface area contributed by atoms with E-state index in [0.717, 1.165) is 36.1 Å².